The molecule has 0 saturated heterocycles. The number of rotatable bonds is 6. The minimum absolute atomic E-state index is 0.624. The molecule has 2 aromatic heterocycles. The fraction of sp³-hybridized carbons (Fsp3) is 0.529. The summed E-state index contributed by atoms with van der Waals surface area (Å²) in [6.45, 7) is 7.62. The van der Waals surface area contributed by atoms with Gasteiger partial charge in [-0.2, -0.15) is 11.3 Å². The van der Waals surface area contributed by atoms with Gasteiger partial charge in [0.1, 0.15) is 0 Å². The maximum atomic E-state index is 4.71. The van der Waals surface area contributed by atoms with Gasteiger partial charge < -0.3 is 5.32 Å². The number of hydrogen-bond donors (Lipinski definition) is 1. The van der Waals surface area contributed by atoms with Crippen LogP contribution in [0.15, 0.2) is 16.8 Å². The van der Waals surface area contributed by atoms with Crippen LogP contribution in [-0.2, 0) is 6.42 Å². The SMILES string of the molecule is Cc1nc(-c2ccsc2)nc(C)c1CC(C)CNC1CC1. The van der Waals surface area contributed by atoms with Crippen LogP contribution >= 0.6 is 11.3 Å². The van der Waals surface area contributed by atoms with Gasteiger partial charge in [0.05, 0.1) is 0 Å². The molecule has 2 heterocycles. The summed E-state index contributed by atoms with van der Waals surface area (Å²) in [6.07, 6.45) is 3.76. The van der Waals surface area contributed by atoms with Gasteiger partial charge >= 0.3 is 0 Å². The van der Waals surface area contributed by atoms with Gasteiger partial charge in [0, 0.05) is 28.4 Å². The van der Waals surface area contributed by atoms with E-state index >= 15 is 0 Å². The lowest BCUT2D eigenvalue weighted by molar-refractivity contribution is 0.506. The average molecular weight is 301 g/mol. The minimum atomic E-state index is 0.624. The molecule has 0 bridgehead atoms. The van der Waals surface area contributed by atoms with E-state index in [0.29, 0.717) is 5.92 Å². The Morgan fingerprint density at radius 3 is 2.57 bits per heavy atom. The number of thiophene rings is 1. The van der Waals surface area contributed by atoms with Crippen LogP contribution in [0.5, 0.6) is 0 Å². The number of nitrogens with one attached hydrogen (secondary N) is 1. The number of nitrogens with zero attached hydrogens (tertiary/aromatic N) is 2. The average Bonchev–Trinajstić information content (AvgIpc) is 3.12. The predicted molar refractivity (Wildman–Crippen MR) is 88.7 cm³/mol. The zero-order valence-electron chi connectivity index (χ0n) is 13.0. The zero-order chi connectivity index (χ0) is 14.8. The molecule has 0 amide bonds. The van der Waals surface area contributed by atoms with Crippen LogP contribution < -0.4 is 5.32 Å². The molecule has 3 nitrogen and oxygen atoms in total. The van der Waals surface area contributed by atoms with E-state index in [4.69, 9.17) is 9.97 Å². The third-order valence-corrected chi connectivity index (χ3v) is 4.77. The maximum absolute atomic E-state index is 4.71. The fourth-order valence-corrected chi connectivity index (χ4v) is 3.27. The van der Waals surface area contributed by atoms with E-state index in [2.05, 4.69) is 42.9 Å². The molecular formula is C17H23N3S. The van der Waals surface area contributed by atoms with Gasteiger partial charge in [-0.25, -0.2) is 9.97 Å². The van der Waals surface area contributed by atoms with Crippen molar-refractivity contribution in [2.24, 2.45) is 5.92 Å². The van der Waals surface area contributed by atoms with Gasteiger partial charge in [0.2, 0.25) is 0 Å². The summed E-state index contributed by atoms with van der Waals surface area (Å²) in [5.41, 5.74) is 4.70. The Morgan fingerprint density at radius 2 is 2.00 bits per heavy atom. The maximum Gasteiger partial charge on any atom is 0.160 e. The lowest BCUT2D eigenvalue weighted by Crippen LogP contribution is -2.24. The molecule has 1 N–H and O–H groups in total. The molecule has 0 aliphatic heterocycles. The standard InChI is InChI=1S/C17H23N3S/c1-11(9-18-15-4-5-15)8-16-12(2)19-17(20-13(16)3)14-6-7-21-10-14/h6-7,10-11,15,18H,4-5,8-9H2,1-3H3. The highest BCUT2D eigenvalue weighted by Crippen LogP contribution is 2.23. The summed E-state index contributed by atoms with van der Waals surface area (Å²) < 4.78 is 0. The van der Waals surface area contributed by atoms with E-state index in [-0.39, 0.29) is 0 Å². The topological polar surface area (TPSA) is 37.8 Å². The highest BCUT2D eigenvalue weighted by Gasteiger charge is 2.21. The lowest BCUT2D eigenvalue weighted by Gasteiger charge is -2.16. The van der Waals surface area contributed by atoms with Crippen molar-refractivity contribution in [2.75, 3.05) is 6.54 Å². The van der Waals surface area contributed by atoms with Gasteiger partial charge in [-0.05, 0) is 62.6 Å². The Balaban J connectivity index is 1.72. The normalized spacial score (nSPS) is 16.1. The Kier molecular flexibility index (Phi) is 4.36. The quantitative estimate of drug-likeness (QED) is 0.883. The highest BCUT2D eigenvalue weighted by molar-refractivity contribution is 7.08. The molecule has 4 heteroatoms. The third kappa shape index (κ3) is 3.69. The third-order valence-electron chi connectivity index (χ3n) is 4.08. The molecule has 0 aromatic carbocycles. The van der Waals surface area contributed by atoms with Crippen LogP contribution in [0.2, 0.25) is 0 Å². The first-order valence-corrected chi connectivity index (χ1v) is 8.68. The van der Waals surface area contributed by atoms with Gasteiger partial charge in [0.25, 0.3) is 0 Å². The van der Waals surface area contributed by atoms with Crippen LogP contribution in [0.3, 0.4) is 0 Å². The van der Waals surface area contributed by atoms with Crippen molar-refractivity contribution in [3.8, 4) is 11.4 Å². The van der Waals surface area contributed by atoms with Crippen molar-refractivity contribution in [3.05, 3.63) is 33.8 Å². The van der Waals surface area contributed by atoms with Crippen LogP contribution in [0, 0.1) is 19.8 Å². The highest BCUT2D eigenvalue weighted by atomic mass is 32.1. The largest absolute Gasteiger partial charge is 0.314 e. The second-order valence-electron chi connectivity index (χ2n) is 6.20. The molecule has 1 aliphatic rings. The molecule has 3 rings (SSSR count). The van der Waals surface area contributed by atoms with Crippen molar-refractivity contribution >= 4 is 11.3 Å². The second kappa shape index (κ2) is 6.24. The van der Waals surface area contributed by atoms with E-state index < -0.39 is 0 Å². The molecule has 1 atom stereocenters. The fourth-order valence-electron chi connectivity index (χ4n) is 2.63. The van der Waals surface area contributed by atoms with Gasteiger partial charge in [-0.3, -0.25) is 0 Å². The summed E-state index contributed by atoms with van der Waals surface area (Å²) in [5, 5.41) is 7.79. The van der Waals surface area contributed by atoms with Crippen molar-refractivity contribution in [1.29, 1.82) is 0 Å². The molecular weight excluding hydrogens is 278 g/mol. The summed E-state index contributed by atoms with van der Waals surface area (Å²) >= 11 is 1.69. The van der Waals surface area contributed by atoms with Crippen molar-refractivity contribution < 1.29 is 0 Å². The zero-order valence-corrected chi connectivity index (χ0v) is 13.8. The van der Waals surface area contributed by atoms with E-state index in [1.165, 1.54) is 18.4 Å². The molecule has 112 valence electrons. The van der Waals surface area contributed by atoms with Gasteiger partial charge in [0.15, 0.2) is 5.82 Å². The molecule has 0 radical (unpaired) electrons. The van der Waals surface area contributed by atoms with Crippen molar-refractivity contribution in [1.82, 2.24) is 15.3 Å². The Morgan fingerprint density at radius 1 is 1.29 bits per heavy atom. The number of hydrogen-bond acceptors (Lipinski definition) is 4. The second-order valence-corrected chi connectivity index (χ2v) is 6.98. The molecule has 2 aromatic rings. The molecule has 1 fully saturated rings. The van der Waals surface area contributed by atoms with Gasteiger partial charge in [-0.1, -0.05) is 6.92 Å². The van der Waals surface area contributed by atoms with E-state index in [0.717, 1.165) is 41.8 Å². The van der Waals surface area contributed by atoms with Crippen LogP contribution in [0.25, 0.3) is 11.4 Å². The smallest absolute Gasteiger partial charge is 0.160 e. The number of aromatic nitrogens is 2. The molecule has 1 aliphatic carbocycles. The van der Waals surface area contributed by atoms with Crippen molar-refractivity contribution in [2.45, 2.75) is 46.1 Å². The van der Waals surface area contributed by atoms with Crippen LogP contribution in [0.1, 0.15) is 36.7 Å². The Labute approximate surface area is 130 Å². The van der Waals surface area contributed by atoms with E-state index in [1.807, 2.05) is 0 Å². The Bertz CT molecular complexity index is 579. The summed E-state index contributed by atoms with van der Waals surface area (Å²) in [4.78, 5) is 9.42. The summed E-state index contributed by atoms with van der Waals surface area (Å²) in [7, 11) is 0. The van der Waals surface area contributed by atoms with Crippen LogP contribution in [0.4, 0.5) is 0 Å². The van der Waals surface area contributed by atoms with E-state index in [9.17, 15) is 0 Å². The summed E-state index contributed by atoms with van der Waals surface area (Å²) in [5.74, 6) is 1.48. The predicted octanol–water partition coefficient (Wildman–Crippen LogP) is 3.75. The summed E-state index contributed by atoms with van der Waals surface area (Å²) in [6, 6.07) is 2.87. The Hall–Kier alpha value is -1.26. The monoisotopic (exact) mass is 301 g/mol. The lowest BCUT2D eigenvalue weighted by atomic mass is 9.98. The molecule has 0 spiro atoms. The molecule has 1 saturated carbocycles. The minimum Gasteiger partial charge on any atom is -0.314 e. The first-order valence-electron chi connectivity index (χ1n) is 7.73. The first-order chi connectivity index (χ1) is 10.1. The first kappa shape index (κ1) is 14.7. The molecule has 1 unspecified atom stereocenters. The van der Waals surface area contributed by atoms with Crippen molar-refractivity contribution in [3.63, 3.8) is 0 Å². The van der Waals surface area contributed by atoms with Gasteiger partial charge in [-0.15, -0.1) is 0 Å². The van der Waals surface area contributed by atoms with Crippen LogP contribution in [-0.4, -0.2) is 22.6 Å². The number of aryl methyl sites for hydroxylation is 2. The van der Waals surface area contributed by atoms with E-state index in [1.54, 1.807) is 11.3 Å². The molecule has 21 heavy (non-hydrogen) atoms.